The van der Waals surface area contributed by atoms with Gasteiger partial charge in [-0.15, -0.1) is 0 Å². The molecule has 0 radical (unpaired) electrons. The summed E-state index contributed by atoms with van der Waals surface area (Å²) in [5, 5.41) is 3.06. The molecule has 3 fully saturated rings. The van der Waals surface area contributed by atoms with Crippen molar-refractivity contribution in [1.29, 1.82) is 0 Å². The molecule has 1 aliphatic carbocycles. The third-order valence-corrected chi connectivity index (χ3v) is 6.95. The Morgan fingerprint density at radius 1 is 1.34 bits per heavy atom. The first-order chi connectivity index (χ1) is 15.3. The maximum Gasteiger partial charge on any atom is 0.325 e. The number of esters is 1. The van der Waals surface area contributed by atoms with E-state index in [9.17, 15) is 4.79 Å². The summed E-state index contributed by atoms with van der Waals surface area (Å²) in [5.41, 5.74) is 2.02. The van der Waals surface area contributed by atoms with Crippen LogP contribution in [0.25, 0.3) is 4.85 Å². The van der Waals surface area contributed by atoms with E-state index in [1.165, 1.54) is 5.57 Å². The second-order valence-electron chi connectivity index (χ2n) is 9.42. The van der Waals surface area contributed by atoms with Crippen LogP contribution in [0.1, 0.15) is 40.0 Å². The van der Waals surface area contributed by atoms with Gasteiger partial charge in [0.05, 0.1) is 25.2 Å². The number of epoxide rings is 2. The topological polar surface area (TPSA) is 77.0 Å². The van der Waals surface area contributed by atoms with Crippen molar-refractivity contribution in [3.63, 3.8) is 0 Å². The zero-order chi connectivity index (χ0) is 22.9. The molecule has 1 spiro atoms. The lowest BCUT2D eigenvalue weighted by Gasteiger charge is -2.42. The normalized spacial score (nSPS) is 35.0. The van der Waals surface area contributed by atoms with Crippen molar-refractivity contribution in [3.05, 3.63) is 47.3 Å². The zero-order valence-electron chi connectivity index (χ0n) is 19.2. The lowest BCUT2D eigenvalue weighted by molar-refractivity contribution is -0.170. The average Bonchev–Trinajstić information content (AvgIpc) is 3.69. The highest BCUT2D eigenvalue weighted by Crippen LogP contribution is 2.59. The minimum absolute atomic E-state index is 0.0104. The predicted molar refractivity (Wildman–Crippen MR) is 121 cm³/mol. The Morgan fingerprint density at radius 2 is 2.06 bits per heavy atom. The lowest BCUT2D eigenvalue weighted by atomic mass is 9.68. The van der Waals surface area contributed by atoms with Gasteiger partial charge in [-0.05, 0) is 52.2 Å². The van der Waals surface area contributed by atoms with Gasteiger partial charge in [0.1, 0.15) is 30.0 Å². The maximum absolute atomic E-state index is 12.6. The maximum atomic E-state index is 12.6. The van der Waals surface area contributed by atoms with Crippen molar-refractivity contribution in [1.82, 2.24) is 0 Å². The number of allylic oxidation sites excluding steroid dienone is 1. The van der Waals surface area contributed by atoms with Crippen LogP contribution in [-0.4, -0.2) is 55.7 Å². The van der Waals surface area contributed by atoms with Crippen LogP contribution in [-0.2, 0) is 23.7 Å². The van der Waals surface area contributed by atoms with Gasteiger partial charge in [-0.1, -0.05) is 23.8 Å². The van der Waals surface area contributed by atoms with E-state index < -0.39 is 0 Å². The summed E-state index contributed by atoms with van der Waals surface area (Å²) in [7, 11) is 1.67. The van der Waals surface area contributed by atoms with E-state index in [1.54, 1.807) is 31.4 Å². The molecule has 3 aliphatic rings. The largest absolute Gasteiger partial charge is 0.458 e. The second-order valence-corrected chi connectivity index (χ2v) is 9.42. The molecule has 1 aromatic rings. The number of hydrogen-bond donors (Lipinski definition) is 1. The molecule has 1 unspecified atom stereocenters. The first-order valence-electron chi connectivity index (χ1n) is 11.2. The number of ether oxygens (including phenoxy) is 4. The summed E-state index contributed by atoms with van der Waals surface area (Å²) < 4.78 is 23.9. The highest BCUT2D eigenvalue weighted by atomic mass is 16.6. The van der Waals surface area contributed by atoms with Gasteiger partial charge in [-0.25, -0.2) is 4.85 Å². The van der Waals surface area contributed by atoms with E-state index in [2.05, 4.69) is 37.0 Å². The molecule has 0 aromatic heterocycles. The van der Waals surface area contributed by atoms with Crippen LogP contribution < -0.4 is 5.32 Å². The number of rotatable bonds is 8. The second kappa shape index (κ2) is 8.86. The van der Waals surface area contributed by atoms with Crippen molar-refractivity contribution in [2.45, 2.75) is 69.5 Å². The Balaban J connectivity index is 1.39. The highest BCUT2D eigenvalue weighted by molar-refractivity contribution is 5.75. The Bertz CT molecular complexity index is 913. The molecular weight excluding hydrogens is 408 g/mol. The molecule has 0 bridgehead atoms. The van der Waals surface area contributed by atoms with Crippen LogP contribution in [0.2, 0.25) is 0 Å². The summed E-state index contributed by atoms with van der Waals surface area (Å²) in [4.78, 5) is 16.0. The number of nitrogens with zero attached hydrogens (tertiary/aromatic N) is 1. The fourth-order valence-corrected chi connectivity index (χ4v) is 5.11. The number of carbonyl (C=O) groups is 1. The zero-order valence-corrected chi connectivity index (χ0v) is 19.2. The van der Waals surface area contributed by atoms with E-state index in [0.29, 0.717) is 18.7 Å². The summed E-state index contributed by atoms with van der Waals surface area (Å²) >= 11 is 0. The fourth-order valence-electron chi connectivity index (χ4n) is 5.11. The molecule has 4 rings (SSSR count). The average molecular weight is 441 g/mol. The van der Waals surface area contributed by atoms with Gasteiger partial charge in [0, 0.05) is 12.8 Å². The Labute approximate surface area is 189 Å². The van der Waals surface area contributed by atoms with Crippen LogP contribution in [0.4, 0.5) is 11.4 Å². The number of anilines is 1. The lowest BCUT2D eigenvalue weighted by Crippen LogP contribution is -2.55. The van der Waals surface area contributed by atoms with E-state index in [4.69, 9.17) is 25.5 Å². The molecule has 1 N–H and O–H groups in total. The molecule has 6 atom stereocenters. The molecule has 2 aliphatic heterocycles. The highest BCUT2D eigenvalue weighted by Gasteiger charge is 2.72. The molecule has 2 heterocycles. The van der Waals surface area contributed by atoms with Crippen molar-refractivity contribution in [2.75, 3.05) is 25.6 Å². The minimum atomic E-state index is -0.350. The molecule has 7 heteroatoms. The standard InChI is InChI=1S/C25H32N2O5/c1-16(2)6-11-20-24(3,32-20)23-22(29-5)19(12-13-25(23)15-30-25)31-21(28)14-27-18-9-7-17(26-4)8-10-18/h6-10,19-20,22-23,27H,11-15H2,1-3,5H3/t19-,20?,22-,23-,24+,25+/m1/s1. The number of nitrogens with one attached hydrogen (secondary N) is 1. The van der Waals surface area contributed by atoms with Crippen molar-refractivity contribution in [3.8, 4) is 0 Å². The summed E-state index contributed by atoms with van der Waals surface area (Å²) in [6.07, 6.45) is 4.09. The van der Waals surface area contributed by atoms with Crippen LogP contribution >= 0.6 is 0 Å². The van der Waals surface area contributed by atoms with Gasteiger partial charge < -0.3 is 24.3 Å². The van der Waals surface area contributed by atoms with Gasteiger partial charge in [0.15, 0.2) is 5.69 Å². The molecule has 0 amide bonds. The number of carbonyl (C=O) groups excluding carboxylic acids is 1. The number of hydrogen-bond acceptors (Lipinski definition) is 6. The minimum Gasteiger partial charge on any atom is -0.458 e. The third-order valence-electron chi connectivity index (χ3n) is 6.95. The third kappa shape index (κ3) is 4.54. The van der Waals surface area contributed by atoms with Crippen LogP contribution in [0.5, 0.6) is 0 Å². The van der Waals surface area contributed by atoms with Crippen LogP contribution in [0, 0.1) is 12.5 Å². The molecule has 172 valence electrons. The van der Waals surface area contributed by atoms with E-state index in [-0.39, 0.29) is 47.9 Å². The monoisotopic (exact) mass is 440 g/mol. The summed E-state index contributed by atoms with van der Waals surface area (Å²) in [6.45, 7) is 14.1. The van der Waals surface area contributed by atoms with Crippen LogP contribution in [0.3, 0.4) is 0 Å². The van der Waals surface area contributed by atoms with Crippen molar-refractivity contribution >= 4 is 17.3 Å². The van der Waals surface area contributed by atoms with Crippen molar-refractivity contribution in [2.24, 2.45) is 5.92 Å². The summed E-state index contributed by atoms with van der Waals surface area (Å²) in [5.74, 6) is -0.322. The molecule has 2 saturated heterocycles. The Hall–Kier alpha value is -2.40. The van der Waals surface area contributed by atoms with Gasteiger partial charge in [-0.2, -0.15) is 0 Å². The molecule has 7 nitrogen and oxygen atoms in total. The van der Waals surface area contributed by atoms with Gasteiger partial charge >= 0.3 is 5.97 Å². The van der Waals surface area contributed by atoms with E-state index in [1.807, 2.05) is 0 Å². The first-order valence-corrected chi connectivity index (χ1v) is 11.2. The van der Waals surface area contributed by atoms with Gasteiger partial charge in [0.2, 0.25) is 0 Å². The molecule has 1 saturated carbocycles. The Kier molecular flexibility index (Phi) is 6.30. The van der Waals surface area contributed by atoms with E-state index >= 15 is 0 Å². The quantitative estimate of drug-likeness (QED) is 0.282. The SMILES string of the molecule is [C-]#[N+]c1ccc(NCC(=O)O[C@@H]2CC[C@]3(CO3)[C@@H]([C@@]3(C)OC3CC=C(C)C)[C@@H]2OC)cc1. The fraction of sp³-hybridized carbons (Fsp3) is 0.600. The predicted octanol–water partition coefficient (Wildman–Crippen LogP) is 4.27. The van der Waals surface area contributed by atoms with Crippen LogP contribution in [0.15, 0.2) is 35.9 Å². The first kappa shape index (κ1) is 22.8. The van der Waals surface area contributed by atoms with Crippen molar-refractivity contribution < 1.29 is 23.7 Å². The number of benzene rings is 1. The molecular formula is C25H32N2O5. The van der Waals surface area contributed by atoms with Gasteiger partial charge in [-0.3, -0.25) is 4.79 Å². The van der Waals surface area contributed by atoms with E-state index in [0.717, 1.165) is 18.5 Å². The number of methoxy groups -OCH3 is 1. The smallest absolute Gasteiger partial charge is 0.325 e. The van der Waals surface area contributed by atoms with Gasteiger partial charge in [0.25, 0.3) is 0 Å². The molecule has 32 heavy (non-hydrogen) atoms. The Morgan fingerprint density at radius 3 is 2.66 bits per heavy atom. The molecule has 1 aromatic carbocycles. The summed E-state index contributed by atoms with van der Waals surface area (Å²) in [6, 6.07) is 6.98.